The molecule has 1 aliphatic heterocycles. The summed E-state index contributed by atoms with van der Waals surface area (Å²) in [6, 6.07) is -0.361. The molecule has 0 amide bonds. The first-order valence-corrected chi connectivity index (χ1v) is 9.65. The third-order valence-corrected chi connectivity index (χ3v) is 5.08. The molecule has 1 unspecified atom stereocenters. The summed E-state index contributed by atoms with van der Waals surface area (Å²) in [6.07, 6.45) is 0. The Hall–Kier alpha value is -2.08. The van der Waals surface area contributed by atoms with E-state index in [-0.39, 0.29) is 31.5 Å². The first kappa shape index (κ1) is 25.0. The quantitative estimate of drug-likeness (QED) is 0.423. The Morgan fingerprint density at radius 2 is 0.931 bits per heavy atom. The summed E-state index contributed by atoms with van der Waals surface area (Å²) in [7, 11) is 0. The highest BCUT2D eigenvalue weighted by Gasteiger charge is 2.23. The van der Waals surface area contributed by atoms with Crippen molar-refractivity contribution >= 4 is 23.7 Å². The number of aliphatic carboxylic acids is 3. The topological polar surface area (TPSA) is 142 Å². The van der Waals surface area contributed by atoms with Gasteiger partial charge in [0.05, 0.1) is 25.7 Å². The van der Waals surface area contributed by atoms with Gasteiger partial charge >= 0.3 is 17.9 Å². The lowest BCUT2D eigenvalue weighted by Gasteiger charge is -2.34. The summed E-state index contributed by atoms with van der Waals surface area (Å²) in [6.45, 7) is 5.88. The van der Waals surface area contributed by atoms with Gasteiger partial charge < -0.3 is 15.3 Å². The van der Waals surface area contributed by atoms with Crippen molar-refractivity contribution in [3.63, 3.8) is 0 Å². The van der Waals surface area contributed by atoms with E-state index < -0.39 is 17.9 Å². The number of ketones is 1. The monoisotopic (exact) mass is 416 g/mol. The second-order valence-electron chi connectivity index (χ2n) is 7.33. The molecule has 0 aromatic rings. The van der Waals surface area contributed by atoms with Crippen LogP contribution in [0, 0.1) is 0 Å². The highest BCUT2D eigenvalue weighted by atomic mass is 16.4. The molecule has 0 spiro atoms. The molecule has 11 heteroatoms. The molecule has 1 aliphatic rings. The van der Waals surface area contributed by atoms with E-state index in [4.69, 9.17) is 15.3 Å². The van der Waals surface area contributed by atoms with Crippen LogP contribution in [-0.4, -0.2) is 137 Å². The maximum Gasteiger partial charge on any atom is 0.317 e. The molecule has 0 bridgehead atoms. The van der Waals surface area contributed by atoms with E-state index in [1.54, 1.807) is 21.6 Å². The standard InChI is InChI=1S/C18H32N4O7/c1-14(15(2)23)22-9-7-20(12-17(26)27)5-3-19(11-16(24)25)4-6-21(8-10-22)13-18(28)29/h14H,3-13H2,1-2H3,(H,24,25)(H,26,27)(H,28,29). The molecule has 0 aromatic carbocycles. The maximum atomic E-state index is 11.9. The van der Waals surface area contributed by atoms with E-state index in [9.17, 15) is 19.2 Å². The van der Waals surface area contributed by atoms with Crippen LogP contribution in [0.15, 0.2) is 0 Å². The number of nitrogens with zero attached hydrogens (tertiary/aromatic N) is 4. The average molecular weight is 416 g/mol. The van der Waals surface area contributed by atoms with Gasteiger partial charge in [0, 0.05) is 52.4 Å². The van der Waals surface area contributed by atoms with Crippen LogP contribution >= 0.6 is 0 Å². The van der Waals surface area contributed by atoms with Crippen LogP contribution in [0.2, 0.25) is 0 Å². The fraction of sp³-hybridized carbons (Fsp3) is 0.778. The predicted octanol–water partition coefficient (Wildman–Crippen LogP) is -1.56. The minimum Gasteiger partial charge on any atom is -0.480 e. The van der Waals surface area contributed by atoms with E-state index >= 15 is 0 Å². The minimum absolute atomic E-state index is 0.0145. The van der Waals surface area contributed by atoms with Gasteiger partial charge in [0.1, 0.15) is 5.78 Å². The van der Waals surface area contributed by atoms with Crippen LogP contribution in [-0.2, 0) is 19.2 Å². The number of carbonyl (C=O) groups excluding carboxylic acids is 1. The van der Waals surface area contributed by atoms with Gasteiger partial charge in [-0.1, -0.05) is 0 Å². The van der Waals surface area contributed by atoms with Gasteiger partial charge in [-0.15, -0.1) is 0 Å². The van der Waals surface area contributed by atoms with Crippen molar-refractivity contribution in [3.8, 4) is 0 Å². The van der Waals surface area contributed by atoms with Crippen LogP contribution < -0.4 is 0 Å². The Kier molecular flexibility index (Phi) is 10.7. The van der Waals surface area contributed by atoms with E-state index in [0.29, 0.717) is 52.4 Å². The van der Waals surface area contributed by atoms with Gasteiger partial charge in [-0.05, 0) is 13.8 Å². The second-order valence-corrected chi connectivity index (χ2v) is 7.33. The van der Waals surface area contributed by atoms with E-state index in [0.717, 1.165) is 0 Å². The summed E-state index contributed by atoms with van der Waals surface area (Å²) in [4.78, 5) is 52.5. The molecule has 3 N–H and O–H groups in total. The SMILES string of the molecule is CC(=O)C(C)N1CCN(CC(=O)O)CCN(CC(=O)O)CCN(CC(=O)O)CC1. The fourth-order valence-electron chi connectivity index (χ4n) is 3.25. The lowest BCUT2D eigenvalue weighted by molar-refractivity contribution is -0.140. The summed E-state index contributed by atoms with van der Waals surface area (Å²) < 4.78 is 0. The van der Waals surface area contributed by atoms with Gasteiger partial charge in [-0.2, -0.15) is 0 Å². The van der Waals surface area contributed by atoms with Gasteiger partial charge in [-0.25, -0.2) is 0 Å². The molecule has 0 saturated carbocycles. The molecule has 1 atom stereocenters. The molecular formula is C18H32N4O7. The minimum atomic E-state index is -0.992. The molecule has 1 rings (SSSR count). The number of hydrogen-bond acceptors (Lipinski definition) is 8. The summed E-state index contributed by atoms with van der Waals surface area (Å²) in [5, 5.41) is 27.5. The van der Waals surface area contributed by atoms with Gasteiger partial charge in [0.15, 0.2) is 0 Å². The first-order chi connectivity index (χ1) is 13.6. The van der Waals surface area contributed by atoms with Crippen LogP contribution in [0.25, 0.3) is 0 Å². The van der Waals surface area contributed by atoms with Crippen LogP contribution in [0.1, 0.15) is 13.8 Å². The molecule has 166 valence electrons. The van der Waals surface area contributed by atoms with Gasteiger partial charge in [0.25, 0.3) is 0 Å². The lowest BCUT2D eigenvalue weighted by atomic mass is 10.2. The number of rotatable bonds is 8. The Bertz CT molecular complexity index is 555. The molecule has 0 aliphatic carbocycles. The molecule has 1 saturated heterocycles. The predicted molar refractivity (Wildman–Crippen MR) is 104 cm³/mol. The first-order valence-electron chi connectivity index (χ1n) is 9.65. The average Bonchev–Trinajstić information content (AvgIpc) is 2.59. The number of hydrogen-bond donors (Lipinski definition) is 3. The van der Waals surface area contributed by atoms with Gasteiger partial charge in [-0.3, -0.25) is 38.8 Å². The molecule has 11 nitrogen and oxygen atoms in total. The normalized spacial score (nSPS) is 20.3. The smallest absolute Gasteiger partial charge is 0.317 e. The third kappa shape index (κ3) is 10.3. The molecule has 29 heavy (non-hydrogen) atoms. The van der Waals surface area contributed by atoms with Crippen molar-refractivity contribution in [1.29, 1.82) is 0 Å². The van der Waals surface area contributed by atoms with Crippen LogP contribution in [0.3, 0.4) is 0 Å². The number of carboxylic acid groups (broad SMARTS) is 3. The Balaban J connectivity index is 2.98. The number of Topliss-reactive ketones (excluding diaryl/α,β-unsaturated/α-hetero) is 1. The number of carbonyl (C=O) groups is 4. The molecule has 1 fully saturated rings. The van der Waals surface area contributed by atoms with E-state index in [1.165, 1.54) is 6.92 Å². The fourth-order valence-corrected chi connectivity index (χ4v) is 3.25. The Morgan fingerprint density at radius 1 is 0.655 bits per heavy atom. The molecular weight excluding hydrogens is 384 g/mol. The van der Waals surface area contributed by atoms with E-state index in [1.807, 2.05) is 4.90 Å². The van der Waals surface area contributed by atoms with Crippen molar-refractivity contribution in [2.45, 2.75) is 19.9 Å². The second kappa shape index (κ2) is 12.5. The molecule has 0 aromatic heterocycles. The summed E-state index contributed by atoms with van der Waals surface area (Å²) >= 11 is 0. The summed E-state index contributed by atoms with van der Waals surface area (Å²) in [5.74, 6) is -2.95. The molecule has 0 radical (unpaired) electrons. The van der Waals surface area contributed by atoms with Crippen molar-refractivity contribution < 1.29 is 34.5 Å². The zero-order valence-corrected chi connectivity index (χ0v) is 17.1. The zero-order chi connectivity index (χ0) is 22.0. The Morgan fingerprint density at radius 3 is 1.17 bits per heavy atom. The van der Waals surface area contributed by atoms with Gasteiger partial charge in [0.2, 0.25) is 0 Å². The molecule has 1 heterocycles. The van der Waals surface area contributed by atoms with Crippen LogP contribution in [0.4, 0.5) is 0 Å². The third-order valence-electron chi connectivity index (χ3n) is 5.08. The highest BCUT2D eigenvalue weighted by molar-refractivity contribution is 5.80. The summed E-state index contributed by atoms with van der Waals surface area (Å²) in [5.41, 5.74) is 0. The van der Waals surface area contributed by atoms with Crippen molar-refractivity contribution in [2.75, 3.05) is 72.0 Å². The van der Waals surface area contributed by atoms with E-state index in [2.05, 4.69) is 0 Å². The largest absolute Gasteiger partial charge is 0.480 e. The van der Waals surface area contributed by atoms with Crippen molar-refractivity contribution in [3.05, 3.63) is 0 Å². The highest BCUT2D eigenvalue weighted by Crippen LogP contribution is 2.05. The van der Waals surface area contributed by atoms with Crippen LogP contribution in [0.5, 0.6) is 0 Å². The Labute approximate surface area is 170 Å². The lowest BCUT2D eigenvalue weighted by Crippen LogP contribution is -2.50. The maximum absolute atomic E-state index is 11.9. The number of carboxylic acids is 3. The zero-order valence-electron chi connectivity index (χ0n) is 17.1. The van der Waals surface area contributed by atoms with Crippen molar-refractivity contribution in [1.82, 2.24) is 19.6 Å². The van der Waals surface area contributed by atoms with Crippen molar-refractivity contribution in [2.24, 2.45) is 0 Å².